The van der Waals surface area contributed by atoms with Crippen molar-refractivity contribution >= 4 is 29.1 Å². The molecule has 90 valence electrons. The van der Waals surface area contributed by atoms with Gasteiger partial charge in [0.15, 0.2) is 0 Å². The Labute approximate surface area is 98.2 Å². The molecule has 0 saturated heterocycles. The highest BCUT2D eigenvalue weighted by Crippen LogP contribution is 2.14. The number of amides is 3. The van der Waals surface area contributed by atoms with Crippen molar-refractivity contribution in [3.63, 3.8) is 0 Å². The molecular formula is C11H13N3O3. The minimum absolute atomic E-state index is 0.173. The minimum Gasteiger partial charge on any atom is -0.351 e. The maximum Gasteiger partial charge on any atom is 0.316 e. The largest absolute Gasteiger partial charge is 0.351 e. The molecule has 0 aliphatic carbocycles. The zero-order chi connectivity index (χ0) is 12.8. The lowest BCUT2D eigenvalue weighted by Crippen LogP contribution is -2.19. The van der Waals surface area contributed by atoms with Crippen LogP contribution in [0.1, 0.15) is 13.3 Å². The molecule has 0 aromatic heterocycles. The predicted octanol–water partition coefficient (Wildman–Crippen LogP) is 1.09. The van der Waals surface area contributed by atoms with Crippen molar-refractivity contribution in [2.75, 3.05) is 10.6 Å². The van der Waals surface area contributed by atoms with Crippen molar-refractivity contribution in [1.82, 2.24) is 0 Å². The third-order valence-corrected chi connectivity index (χ3v) is 1.82. The van der Waals surface area contributed by atoms with Crippen molar-refractivity contribution in [1.29, 1.82) is 0 Å². The fourth-order valence-electron chi connectivity index (χ4n) is 1.25. The number of urea groups is 1. The fraction of sp³-hybridized carbons (Fsp3) is 0.182. The van der Waals surface area contributed by atoms with Crippen LogP contribution in [0.3, 0.4) is 0 Å². The molecule has 6 heteroatoms. The zero-order valence-electron chi connectivity index (χ0n) is 9.32. The second-order valence-electron chi connectivity index (χ2n) is 3.50. The molecule has 0 atom stereocenters. The van der Waals surface area contributed by atoms with E-state index in [0.29, 0.717) is 11.4 Å². The Morgan fingerprint density at radius 2 is 1.76 bits per heavy atom. The number of hydrogen-bond donors (Lipinski definition) is 3. The van der Waals surface area contributed by atoms with Crippen LogP contribution in [0.15, 0.2) is 24.3 Å². The monoisotopic (exact) mass is 235 g/mol. The number of benzene rings is 1. The van der Waals surface area contributed by atoms with Crippen LogP contribution < -0.4 is 16.4 Å². The van der Waals surface area contributed by atoms with Gasteiger partial charge in [0.25, 0.3) is 0 Å². The number of carbonyl (C=O) groups excluding carboxylic acids is 3. The average molecular weight is 235 g/mol. The van der Waals surface area contributed by atoms with Gasteiger partial charge in [0.05, 0.1) is 6.42 Å². The second kappa shape index (κ2) is 5.64. The summed E-state index contributed by atoms with van der Waals surface area (Å²) < 4.78 is 0. The van der Waals surface area contributed by atoms with Crippen LogP contribution in [-0.4, -0.2) is 17.7 Å². The molecule has 0 aliphatic heterocycles. The number of nitrogens with two attached hydrogens (primary N) is 1. The fourth-order valence-corrected chi connectivity index (χ4v) is 1.25. The lowest BCUT2D eigenvalue weighted by Gasteiger charge is -2.06. The van der Waals surface area contributed by atoms with E-state index < -0.39 is 11.9 Å². The molecule has 1 aromatic rings. The molecule has 0 heterocycles. The summed E-state index contributed by atoms with van der Waals surface area (Å²) >= 11 is 0. The summed E-state index contributed by atoms with van der Waals surface area (Å²) in [6.45, 7) is 1.34. The van der Waals surface area contributed by atoms with E-state index in [4.69, 9.17) is 5.73 Å². The lowest BCUT2D eigenvalue weighted by molar-refractivity contribution is -0.124. The molecule has 0 aliphatic rings. The Bertz CT molecular complexity index is 457. The lowest BCUT2D eigenvalue weighted by atomic mass is 10.2. The molecule has 0 saturated carbocycles. The first-order valence-corrected chi connectivity index (χ1v) is 4.93. The van der Waals surface area contributed by atoms with Gasteiger partial charge in [-0.05, 0) is 25.1 Å². The zero-order valence-corrected chi connectivity index (χ0v) is 9.32. The van der Waals surface area contributed by atoms with Gasteiger partial charge in [-0.25, -0.2) is 4.79 Å². The van der Waals surface area contributed by atoms with E-state index in [1.54, 1.807) is 24.3 Å². The van der Waals surface area contributed by atoms with Gasteiger partial charge in [-0.1, -0.05) is 6.07 Å². The molecule has 0 unspecified atom stereocenters. The third-order valence-electron chi connectivity index (χ3n) is 1.82. The van der Waals surface area contributed by atoms with Gasteiger partial charge in [0, 0.05) is 11.4 Å². The van der Waals surface area contributed by atoms with Crippen molar-refractivity contribution in [2.45, 2.75) is 13.3 Å². The van der Waals surface area contributed by atoms with Gasteiger partial charge >= 0.3 is 6.03 Å². The van der Waals surface area contributed by atoms with E-state index in [1.807, 2.05) is 0 Å². The number of anilines is 2. The van der Waals surface area contributed by atoms with Gasteiger partial charge in [0.1, 0.15) is 5.78 Å². The molecule has 0 fully saturated rings. The van der Waals surface area contributed by atoms with Gasteiger partial charge in [-0.3, -0.25) is 9.59 Å². The number of carbonyl (C=O) groups is 3. The summed E-state index contributed by atoms with van der Waals surface area (Å²) in [4.78, 5) is 32.7. The van der Waals surface area contributed by atoms with Crippen molar-refractivity contribution < 1.29 is 14.4 Å². The summed E-state index contributed by atoms with van der Waals surface area (Å²) in [6.07, 6.45) is -0.173. The van der Waals surface area contributed by atoms with Gasteiger partial charge in [0.2, 0.25) is 5.91 Å². The minimum atomic E-state index is -0.683. The molecule has 17 heavy (non-hydrogen) atoms. The van der Waals surface area contributed by atoms with Gasteiger partial charge < -0.3 is 16.4 Å². The Kier molecular flexibility index (Phi) is 4.21. The molecule has 6 nitrogen and oxygen atoms in total. The van der Waals surface area contributed by atoms with E-state index in [2.05, 4.69) is 10.6 Å². The topological polar surface area (TPSA) is 101 Å². The van der Waals surface area contributed by atoms with E-state index >= 15 is 0 Å². The molecule has 4 N–H and O–H groups in total. The van der Waals surface area contributed by atoms with Gasteiger partial charge in [-0.2, -0.15) is 0 Å². The van der Waals surface area contributed by atoms with E-state index in [-0.39, 0.29) is 12.2 Å². The molecule has 3 amide bonds. The first kappa shape index (κ1) is 12.7. The van der Waals surface area contributed by atoms with Crippen molar-refractivity contribution in [2.24, 2.45) is 5.73 Å². The SMILES string of the molecule is CC(=O)CC(=O)Nc1cccc(NC(N)=O)c1. The Morgan fingerprint density at radius 1 is 1.18 bits per heavy atom. The van der Waals surface area contributed by atoms with E-state index in [1.165, 1.54) is 6.92 Å². The first-order valence-electron chi connectivity index (χ1n) is 4.93. The van der Waals surface area contributed by atoms with Gasteiger partial charge in [-0.15, -0.1) is 0 Å². The molecular weight excluding hydrogens is 222 g/mol. The van der Waals surface area contributed by atoms with Crippen LogP contribution in [0.4, 0.5) is 16.2 Å². The van der Waals surface area contributed by atoms with E-state index in [9.17, 15) is 14.4 Å². The van der Waals surface area contributed by atoms with Crippen molar-refractivity contribution in [3.05, 3.63) is 24.3 Å². The Morgan fingerprint density at radius 3 is 2.29 bits per heavy atom. The highest BCUT2D eigenvalue weighted by molar-refractivity contribution is 6.03. The number of Topliss-reactive ketones (excluding diaryl/α,β-unsaturated/α-hetero) is 1. The average Bonchev–Trinajstić information content (AvgIpc) is 2.14. The maximum absolute atomic E-state index is 11.3. The third kappa shape index (κ3) is 4.78. The summed E-state index contributed by atoms with van der Waals surface area (Å²) in [5.41, 5.74) is 5.92. The summed E-state index contributed by atoms with van der Waals surface area (Å²) in [6, 6.07) is 5.78. The number of ketones is 1. The normalized spacial score (nSPS) is 9.47. The standard InChI is InChI=1S/C11H13N3O3/c1-7(15)5-10(16)13-8-3-2-4-9(6-8)14-11(12)17/h2-4,6H,5H2,1H3,(H,13,16)(H3,12,14,17). The van der Waals surface area contributed by atoms with Crippen LogP contribution >= 0.6 is 0 Å². The number of primary amides is 1. The van der Waals surface area contributed by atoms with Crippen LogP contribution in [0, 0.1) is 0 Å². The van der Waals surface area contributed by atoms with Crippen LogP contribution in [0.2, 0.25) is 0 Å². The molecule has 0 spiro atoms. The predicted molar refractivity (Wildman–Crippen MR) is 63.6 cm³/mol. The smallest absolute Gasteiger partial charge is 0.316 e. The molecule has 0 radical (unpaired) electrons. The maximum atomic E-state index is 11.3. The second-order valence-corrected chi connectivity index (χ2v) is 3.50. The first-order chi connectivity index (χ1) is 7.97. The van der Waals surface area contributed by atoms with Crippen LogP contribution in [-0.2, 0) is 9.59 Å². The number of rotatable bonds is 4. The van der Waals surface area contributed by atoms with Crippen molar-refractivity contribution in [3.8, 4) is 0 Å². The molecule has 1 rings (SSSR count). The molecule has 1 aromatic carbocycles. The number of nitrogens with one attached hydrogen (secondary N) is 2. The Hall–Kier alpha value is -2.37. The molecule has 0 bridgehead atoms. The number of hydrogen-bond acceptors (Lipinski definition) is 3. The summed E-state index contributed by atoms with van der Waals surface area (Å²) in [7, 11) is 0. The Balaban J connectivity index is 2.68. The quantitative estimate of drug-likeness (QED) is 0.681. The van der Waals surface area contributed by atoms with Crippen LogP contribution in [0.25, 0.3) is 0 Å². The highest BCUT2D eigenvalue weighted by atomic mass is 16.2. The van der Waals surface area contributed by atoms with E-state index in [0.717, 1.165) is 0 Å². The summed E-state index contributed by atoms with van der Waals surface area (Å²) in [5, 5.41) is 4.91. The highest BCUT2D eigenvalue weighted by Gasteiger charge is 2.06. The summed E-state index contributed by atoms with van der Waals surface area (Å²) in [5.74, 6) is -0.609. The van der Waals surface area contributed by atoms with Crippen LogP contribution in [0.5, 0.6) is 0 Å².